The summed E-state index contributed by atoms with van der Waals surface area (Å²) in [6, 6.07) is 7.86. The Morgan fingerprint density at radius 3 is 2.67 bits per heavy atom. The highest BCUT2D eigenvalue weighted by Crippen LogP contribution is 2.23. The van der Waals surface area contributed by atoms with Crippen LogP contribution in [0.15, 0.2) is 30.3 Å². The zero-order chi connectivity index (χ0) is 13.0. The summed E-state index contributed by atoms with van der Waals surface area (Å²) in [5, 5.41) is 19.5. The molecule has 0 saturated heterocycles. The fraction of sp³-hybridized carbons (Fsp3) is 0.167. The van der Waals surface area contributed by atoms with Crippen molar-refractivity contribution in [3.05, 3.63) is 41.2 Å². The van der Waals surface area contributed by atoms with Crippen molar-refractivity contribution in [2.45, 2.75) is 0 Å². The van der Waals surface area contributed by atoms with Gasteiger partial charge in [0.15, 0.2) is 0 Å². The van der Waals surface area contributed by atoms with Crippen molar-refractivity contribution in [3.63, 3.8) is 0 Å². The highest BCUT2D eigenvalue weighted by atomic mass is 35.5. The van der Waals surface area contributed by atoms with E-state index >= 15 is 0 Å². The molecule has 0 aliphatic heterocycles. The molecule has 0 aliphatic carbocycles. The van der Waals surface area contributed by atoms with E-state index in [0.717, 1.165) is 0 Å². The summed E-state index contributed by atoms with van der Waals surface area (Å²) in [5.41, 5.74) is 1.30. The molecule has 0 unspecified atom stereocenters. The highest BCUT2D eigenvalue weighted by Gasteiger charge is 2.05. The number of aromatic nitrogens is 2. The molecule has 6 heteroatoms. The van der Waals surface area contributed by atoms with Crippen molar-refractivity contribution in [2.75, 3.05) is 18.5 Å². The van der Waals surface area contributed by atoms with Crippen molar-refractivity contribution in [2.24, 2.45) is 0 Å². The molecule has 0 amide bonds. The molecule has 1 heterocycles. The predicted octanol–water partition coefficient (Wildman–Crippen LogP) is 2.34. The van der Waals surface area contributed by atoms with E-state index in [1.54, 1.807) is 18.2 Å². The molecule has 0 radical (unpaired) electrons. The normalized spacial score (nSPS) is 10.4. The number of nitrogens with one attached hydrogen (secondary N) is 1. The van der Waals surface area contributed by atoms with Gasteiger partial charge in [0, 0.05) is 12.1 Å². The minimum atomic E-state index is -0.463. The van der Waals surface area contributed by atoms with Gasteiger partial charge in [-0.15, -0.1) is 10.2 Å². The number of halogens is 2. The lowest BCUT2D eigenvalue weighted by molar-refractivity contribution is 0.311. The monoisotopic (exact) mass is 267 g/mol. The lowest BCUT2D eigenvalue weighted by Crippen LogP contribution is -2.07. The van der Waals surface area contributed by atoms with E-state index in [1.807, 2.05) is 0 Å². The Kier molecular flexibility index (Phi) is 4.07. The van der Waals surface area contributed by atoms with E-state index < -0.39 is 5.82 Å². The first-order valence-corrected chi connectivity index (χ1v) is 5.72. The van der Waals surface area contributed by atoms with Crippen LogP contribution in [0.4, 0.5) is 10.2 Å². The van der Waals surface area contributed by atoms with E-state index in [0.29, 0.717) is 23.6 Å². The average molecular weight is 268 g/mol. The topological polar surface area (TPSA) is 58.0 Å². The van der Waals surface area contributed by atoms with Gasteiger partial charge in [-0.25, -0.2) is 4.39 Å². The maximum atomic E-state index is 13.0. The molecule has 0 bridgehead atoms. The number of anilines is 1. The largest absolute Gasteiger partial charge is 0.395 e. The van der Waals surface area contributed by atoms with Gasteiger partial charge in [-0.1, -0.05) is 11.6 Å². The van der Waals surface area contributed by atoms with Crippen molar-refractivity contribution in [3.8, 4) is 11.3 Å². The SMILES string of the molecule is OCCNc1ccc(-c2ccc(F)c(Cl)c2)nn1. The second-order valence-corrected chi connectivity index (χ2v) is 3.99. The molecule has 0 spiro atoms. The van der Waals surface area contributed by atoms with Crippen LogP contribution in [0.1, 0.15) is 0 Å². The number of hydrogen-bond acceptors (Lipinski definition) is 4. The van der Waals surface area contributed by atoms with Gasteiger partial charge in [0.2, 0.25) is 0 Å². The second-order valence-electron chi connectivity index (χ2n) is 3.58. The first-order valence-electron chi connectivity index (χ1n) is 5.34. The van der Waals surface area contributed by atoms with Gasteiger partial charge in [-0.05, 0) is 30.3 Å². The first-order chi connectivity index (χ1) is 8.70. The molecular weight excluding hydrogens is 257 g/mol. The van der Waals surface area contributed by atoms with Crippen LogP contribution in [0.3, 0.4) is 0 Å². The van der Waals surface area contributed by atoms with Crippen LogP contribution >= 0.6 is 11.6 Å². The predicted molar refractivity (Wildman–Crippen MR) is 68.0 cm³/mol. The van der Waals surface area contributed by atoms with E-state index in [2.05, 4.69) is 15.5 Å². The first kappa shape index (κ1) is 12.7. The maximum absolute atomic E-state index is 13.0. The summed E-state index contributed by atoms with van der Waals surface area (Å²) in [5.74, 6) is 0.107. The number of nitrogens with zero attached hydrogens (tertiary/aromatic N) is 2. The molecule has 2 rings (SSSR count). The summed E-state index contributed by atoms with van der Waals surface area (Å²) in [4.78, 5) is 0. The molecule has 94 valence electrons. The molecular formula is C12H11ClFN3O. The summed E-state index contributed by atoms with van der Waals surface area (Å²) in [6.45, 7) is 0.438. The van der Waals surface area contributed by atoms with E-state index in [9.17, 15) is 4.39 Å². The van der Waals surface area contributed by atoms with Gasteiger partial charge < -0.3 is 10.4 Å². The van der Waals surface area contributed by atoms with Gasteiger partial charge in [0.05, 0.1) is 17.3 Å². The van der Waals surface area contributed by atoms with E-state index in [1.165, 1.54) is 12.1 Å². The zero-order valence-electron chi connectivity index (χ0n) is 9.40. The van der Waals surface area contributed by atoms with Crippen molar-refractivity contribution in [1.82, 2.24) is 10.2 Å². The van der Waals surface area contributed by atoms with E-state index in [4.69, 9.17) is 16.7 Å². The summed E-state index contributed by atoms with van der Waals surface area (Å²) in [7, 11) is 0. The van der Waals surface area contributed by atoms with Crippen LogP contribution in [-0.4, -0.2) is 28.5 Å². The molecule has 2 aromatic rings. The molecule has 1 aromatic heterocycles. The Bertz CT molecular complexity index is 533. The molecule has 4 nitrogen and oxygen atoms in total. The number of benzene rings is 1. The fourth-order valence-corrected chi connectivity index (χ4v) is 1.60. The lowest BCUT2D eigenvalue weighted by Gasteiger charge is -2.04. The highest BCUT2D eigenvalue weighted by molar-refractivity contribution is 6.31. The van der Waals surface area contributed by atoms with Crippen molar-refractivity contribution in [1.29, 1.82) is 0 Å². The molecule has 1 aromatic carbocycles. The fourth-order valence-electron chi connectivity index (χ4n) is 1.42. The van der Waals surface area contributed by atoms with Gasteiger partial charge in [0.25, 0.3) is 0 Å². The Morgan fingerprint density at radius 2 is 2.06 bits per heavy atom. The quantitative estimate of drug-likeness (QED) is 0.893. The van der Waals surface area contributed by atoms with Crippen LogP contribution < -0.4 is 5.32 Å². The zero-order valence-corrected chi connectivity index (χ0v) is 10.2. The van der Waals surface area contributed by atoms with Crippen LogP contribution in [0.2, 0.25) is 5.02 Å². The molecule has 0 saturated carbocycles. The third kappa shape index (κ3) is 2.94. The van der Waals surface area contributed by atoms with Gasteiger partial charge in [-0.3, -0.25) is 0 Å². The Morgan fingerprint density at radius 1 is 1.22 bits per heavy atom. The van der Waals surface area contributed by atoms with Crippen LogP contribution in [0.5, 0.6) is 0 Å². The van der Waals surface area contributed by atoms with Gasteiger partial charge in [-0.2, -0.15) is 0 Å². The molecule has 0 aliphatic rings. The average Bonchev–Trinajstić information content (AvgIpc) is 2.40. The lowest BCUT2D eigenvalue weighted by atomic mass is 10.1. The maximum Gasteiger partial charge on any atom is 0.148 e. The van der Waals surface area contributed by atoms with Crippen molar-refractivity contribution < 1.29 is 9.50 Å². The summed E-state index contributed by atoms with van der Waals surface area (Å²) in [6.07, 6.45) is 0. The second kappa shape index (κ2) is 5.75. The summed E-state index contributed by atoms with van der Waals surface area (Å²) < 4.78 is 13.0. The van der Waals surface area contributed by atoms with Crippen molar-refractivity contribution >= 4 is 17.4 Å². The molecule has 0 fully saturated rings. The minimum absolute atomic E-state index is 0.0248. The number of hydrogen-bond donors (Lipinski definition) is 2. The third-order valence-electron chi connectivity index (χ3n) is 2.30. The van der Waals surface area contributed by atoms with Gasteiger partial charge in [0.1, 0.15) is 11.6 Å². The molecule has 2 N–H and O–H groups in total. The number of aliphatic hydroxyl groups is 1. The Balaban J connectivity index is 2.20. The van der Waals surface area contributed by atoms with Gasteiger partial charge >= 0.3 is 0 Å². The van der Waals surface area contributed by atoms with Crippen LogP contribution in [0.25, 0.3) is 11.3 Å². The van der Waals surface area contributed by atoms with Crippen LogP contribution in [0, 0.1) is 5.82 Å². The standard InChI is InChI=1S/C12H11ClFN3O/c13-9-7-8(1-2-10(9)14)11-3-4-12(17-16-11)15-5-6-18/h1-4,7,18H,5-6H2,(H,15,17). The third-order valence-corrected chi connectivity index (χ3v) is 2.59. The Labute approximate surface area is 108 Å². The summed E-state index contributed by atoms with van der Waals surface area (Å²) >= 11 is 5.70. The molecule has 0 atom stereocenters. The number of aliphatic hydroxyl groups excluding tert-OH is 1. The van der Waals surface area contributed by atoms with Crippen LogP contribution in [-0.2, 0) is 0 Å². The van der Waals surface area contributed by atoms with E-state index in [-0.39, 0.29) is 11.6 Å². The number of rotatable bonds is 4. The molecule has 18 heavy (non-hydrogen) atoms. The Hall–Kier alpha value is -1.72. The minimum Gasteiger partial charge on any atom is -0.395 e. The smallest absolute Gasteiger partial charge is 0.148 e.